The molecule has 2 N–H and O–H groups in total. The molecule has 5 heteroatoms. The van der Waals surface area contributed by atoms with E-state index in [9.17, 15) is 5.11 Å². The molecule has 0 bridgehead atoms. The third-order valence-electron chi connectivity index (χ3n) is 2.87. The van der Waals surface area contributed by atoms with Crippen LogP contribution in [0.15, 0.2) is 36.5 Å². The Bertz CT molecular complexity index is 589. The van der Waals surface area contributed by atoms with Gasteiger partial charge in [-0.1, -0.05) is 11.6 Å². The third-order valence-corrected chi connectivity index (χ3v) is 3.17. The molecule has 92 valence electrons. The molecule has 0 saturated carbocycles. The van der Waals surface area contributed by atoms with Crippen molar-refractivity contribution in [2.75, 3.05) is 11.9 Å². The van der Waals surface area contributed by atoms with Crippen molar-refractivity contribution in [3.63, 3.8) is 0 Å². The van der Waals surface area contributed by atoms with E-state index in [4.69, 9.17) is 16.3 Å². The third kappa shape index (κ3) is 1.95. The van der Waals surface area contributed by atoms with Crippen molar-refractivity contribution < 1.29 is 9.84 Å². The molecule has 0 radical (unpaired) electrons. The highest BCUT2D eigenvalue weighted by Crippen LogP contribution is 2.37. The number of aromatic hydroxyl groups is 1. The molecule has 1 atom stereocenters. The van der Waals surface area contributed by atoms with Crippen LogP contribution in [0.3, 0.4) is 0 Å². The van der Waals surface area contributed by atoms with Crippen molar-refractivity contribution in [2.24, 2.45) is 0 Å². The first kappa shape index (κ1) is 11.2. The number of nitrogens with one attached hydrogen (secondary N) is 1. The van der Waals surface area contributed by atoms with Gasteiger partial charge in [-0.3, -0.25) is 0 Å². The molecular weight excluding hydrogens is 252 g/mol. The summed E-state index contributed by atoms with van der Waals surface area (Å²) >= 11 is 6.00. The van der Waals surface area contributed by atoms with Gasteiger partial charge in [0.2, 0.25) is 0 Å². The molecular formula is C13H11ClN2O2. The van der Waals surface area contributed by atoms with Gasteiger partial charge in [-0.2, -0.15) is 0 Å². The molecule has 2 heterocycles. The molecule has 18 heavy (non-hydrogen) atoms. The largest absolute Gasteiger partial charge is 0.508 e. The van der Waals surface area contributed by atoms with Gasteiger partial charge in [0.15, 0.2) is 5.15 Å². The Balaban J connectivity index is 1.87. The Kier molecular flexibility index (Phi) is 2.72. The summed E-state index contributed by atoms with van der Waals surface area (Å²) in [6.45, 7) is 0.504. The first-order valence-corrected chi connectivity index (χ1v) is 5.94. The summed E-state index contributed by atoms with van der Waals surface area (Å²) in [5, 5.41) is 13.1. The van der Waals surface area contributed by atoms with E-state index in [1.807, 2.05) is 18.2 Å². The Labute approximate surface area is 109 Å². The fourth-order valence-corrected chi connectivity index (χ4v) is 2.17. The number of benzene rings is 1. The van der Waals surface area contributed by atoms with Crippen molar-refractivity contribution in [3.05, 3.63) is 47.2 Å². The lowest BCUT2D eigenvalue weighted by Crippen LogP contribution is -2.12. The van der Waals surface area contributed by atoms with Crippen LogP contribution in [0.5, 0.6) is 11.5 Å². The molecule has 1 aromatic carbocycles. The summed E-state index contributed by atoms with van der Waals surface area (Å²) in [5.74, 6) is 0.904. The van der Waals surface area contributed by atoms with E-state index in [2.05, 4.69) is 10.3 Å². The number of hydrogen-bond donors (Lipinski definition) is 2. The zero-order chi connectivity index (χ0) is 12.5. The van der Waals surface area contributed by atoms with Crippen LogP contribution in [-0.2, 0) is 0 Å². The highest BCUT2D eigenvalue weighted by molar-refractivity contribution is 6.31. The second-order valence-electron chi connectivity index (χ2n) is 4.07. The number of fused-ring (bicyclic) bond motifs is 1. The topological polar surface area (TPSA) is 54.4 Å². The first-order chi connectivity index (χ1) is 8.74. The summed E-state index contributed by atoms with van der Waals surface area (Å²) < 4.78 is 5.52. The molecule has 1 aliphatic rings. The van der Waals surface area contributed by atoms with Crippen LogP contribution in [0, 0.1) is 0 Å². The molecule has 2 aromatic rings. The number of phenolic OH excluding ortho intramolecular Hbond substituents is 1. The zero-order valence-corrected chi connectivity index (χ0v) is 10.2. The van der Waals surface area contributed by atoms with Crippen molar-refractivity contribution in [3.8, 4) is 11.5 Å². The SMILES string of the molecule is Oc1ccc2c(c1)OCC2Nc1cccnc1Cl. The number of anilines is 1. The maximum absolute atomic E-state index is 9.38. The van der Waals surface area contributed by atoms with Crippen LogP contribution in [0.25, 0.3) is 0 Å². The molecule has 1 aromatic heterocycles. The summed E-state index contributed by atoms with van der Waals surface area (Å²) in [6.07, 6.45) is 1.64. The minimum absolute atomic E-state index is 0.0160. The minimum atomic E-state index is 0.0160. The van der Waals surface area contributed by atoms with Crippen molar-refractivity contribution >= 4 is 17.3 Å². The predicted octanol–water partition coefficient (Wildman–Crippen LogP) is 2.99. The number of aromatic nitrogens is 1. The Morgan fingerprint density at radius 3 is 3.11 bits per heavy atom. The molecule has 0 saturated heterocycles. The lowest BCUT2D eigenvalue weighted by Gasteiger charge is -2.13. The normalized spacial score (nSPS) is 17.1. The van der Waals surface area contributed by atoms with E-state index in [1.165, 1.54) is 0 Å². The van der Waals surface area contributed by atoms with Crippen molar-refractivity contribution in [2.45, 2.75) is 6.04 Å². The number of phenols is 1. The molecule has 0 spiro atoms. The van der Waals surface area contributed by atoms with Crippen molar-refractivity contribution in [1.29, 1.82) is 0 Å². The molecule has 4 nitrogen and oxygen atoms in total. The Hall–Kier alpha value is -1.94. The summed E-state index contributed by atoms with van der Waals surface area (Å²) in [4.78, 5) is 4.01. The highest BCUT2D eigenvalue weighted by Gasteiger charge is 2.24. The number of nitrogens with zero attached hydrogens (tertiary/aromatic N) is 1. The maximum Gasteiger partial charge on any atom is 0.152 e. The number of pyridine rings is 1. The van der Waals surface area contributed by atoms with E-state index in [0.717, 1.165) is 11.3 Å². The van der Waals surface area contributed by atoms with Gasteiger partial charge < -0.3 is 15.2 Å². The first-order valence-electron chi connectivity index (χ1n) is 5.57. The molecule has 3 rings (SSSR count). The van der Waals surface area contributed by atoms with Gasteiger partial charge in [-0.15, -0.1) is 0 Å². The quantitative estimate of drug-likeness (QED) is 0.817. The Morgan fingerprint density at radius 1 is 1.39 bits per heavy atom. The van der Waals surface area contributed by atoms with Gasteiger partial charge in [-0.25, -0.2) is 4.98 Å². The zero-order valence-electron chi connectivity index (χ0n) is 9.43. The second kappa shape index (κ2) is 4.38. The number of rotatable bonds is 2. The number of hydrogen-bond acceptors (Lipinski definition) is 4. The minimum Gasteiger partial charge on any atom is -0.508 e. The second-order valence-corrected chi connectivity index (χ2v) is 4.43. The average Bonchev–Trinajstić information content (AvgIpc) is 2.74. The van der Waals surface area contributed by atoms with E-state index < -0.39 is 0 Å². The summed E-state index contributed by atoms with van der Waals surface area (Å²) in [7, 11) is 0. The van der Waals surface area contributed by atoms with Gasteiger partial charge in [0, 0.05) is 17.8 Å². The maximum atomic E-state index is 9.38. The predicted molar refractivity (Wildman–Crippen MR) is 69.2 cm³/mol. The van der Waals surface area contributed by atoms with E-state index in [0.29, 0.717) is 17.5 Å². The number of ether oxygens (including phenoxy) is 1. The van der Waals surface area contributed by atoms with Crippen LogP contribution in [0.2, 0.25) is 5.15 Å². The molecule has 1 aliphatic heterocycles. The lowest BCUT2D eigenvalue weighted by molar-refractivity contribution is 0.338. The monoisotopic (exact) mass is 262 g/mol. The lowest BCUT2D eigenvalue weighted by atomic mass is 10.1. The molecule has 1 unspecified atom stereocenters. The molecule has 0 aliphatic carbocycles. The average molecular weight is 263 g/mol. The van der Waals surface area contributed by atoms with Gasteiger partial charge in [-0.05, 0) is 24.3 Å². The number of halogens is 1. The fraction of sp³-hybridized carbons (Fsp3) is 0.154. The van der Waals surface area contributed by atoms with Gasteiger partial charge in [0.1, 0.15) is 18.1 Å². The Morgan fingerprint density at radius 2 is 2.28 bits per heavy atom. The van der Waals surface area contributed by atoms with Crippen LogP contribution >= 0.6 is 11.6 Å². The van der Waals surface area contributed by atoms with Crippen LogP contribution in [-0.4, -0.2) is 16.7 Å². The van der Waals surface area contributed by atoms with E-state index in [-0.39, 0.29) is 11.8 Å². The van der Waals surface area contributed by atoms with E-state index in [1.54, 1.807) is 18.3 Å². The van der Waals surface area contributed by atoms with Crippen LogP contribution in [0.1, 0.15) is 11.6 Å². The van der Waals surface area contributed by atoms with Gasteiger partial charge in [0.05, 0.1) is 11.7 Å². The van der Waals surface area contributed by atoms with Crippen LogP contribution < -0.4 is 10.1 Å². The highest BCUT2D eigenvalue weighted by atomic mass is 35.5. The molecule has 0 fully saturated rings. The standard InChI is InChI=1S/C13H11ClN2O2/c14-13-10(2-1-5-15-13)16-11-7-18-12-6-8(17)3-4-9(11)12/h1-6,11,16-17H,7H2. The van der Waals surface area contributed by atoms with Gasteiger partial charge in [0.25, 0.3) is 0 Å². The fourth-order valence-electron chi connectivity index (χ4n) is 2.00. The van der Waals surface area contributed by atoms with Gasteiger partial charge >= 0.3 is 0 Å². The smallest absolute Gasteiger partial charge is 0.152 e. The van der Waals surface area contributed by atoms with Crippen LogP contribution in [0.4, 0.5) is 5.69 Å². The van der Waals surface area contributed by atoms with E-state index >= 15 is 0 Å². The summed E-state index contributed by atoms with van der Waals surface area (Å²) in [6, 6.07) is 8.81. The summed E-state index contributed by atoms with van der Waals surface area (Å²) in [5.41, 5.74) is 1.78. The molecule has 0 amide bonds. The van der Waals surface area contributed by atoms with Crippen molar-refractivity contribution in [1.82, 2.24) is 4.98 Å².